The molecule has 1 saturated heterocycles. The van der Waals surface area contributed by atoms with Crippen LogP contribution in [0.5, 0.6) is 11.5 Å². The number of carboxylic acids is 2. The average molecular weight is 656 g/mol. The number of rotatable bonds is 5. The van der Waals surface area contributed by atoms with Crippen molar-refractivity contribution in [1.82, 2.24) is 4.90 Å². The highest BCUT2D eigenvalue weighted by molar-refractivity contribution is 7.99. The Morgan fingerprint density at radius 3 is 2.02 bits per heavy atom. The van der Waals surface area contributed by atoms with Gasteiger partial charge in [-0.25, -0.2) is 14.4 Å². The summed E-state index contributed by atoms with van der Waals surface area (Å²) in [6, 6.07) is 23.7. The molecule has 0 bridgehead atoms. The van der Waals surface area contributed by atoms with E-state index in [0.29, 0.717) is 35.5 Å². The molecular formula is C37H37NO8S. The topological polar surface area (TPSA) is 138 Å². The smallest absolute Gasteiger partial charge is 0.336 e. The van der Waals surface area contributed by atoms with E-state index >= 15 is 0 Å². The molecule has 0 unspecified atom stereocenters. The van der Waals surface area contributed by atoms with Gasteiger partial charge in [0, 0.05) is 52.6 Å². The Kier molecular flexibility index (Phi) is 12.2. The van der Waals surface area contributed by atoms with Gasteiger partial charge in [-0.2, -0.15) is 0 Å². The van der Waals surface area contributed by atoms with Crippen LogP contribution in [0.3, 0.4) is 0 Å². The predicted octanol–water partition coefficient (Wildman–Crippen LogP) is 7.23. The second-order valence-electron chi connectivity index (χ2n) is 11.1. The van der Waals surface area contributed by atoms with Gasteiger partial charge in [-0.15, -0.1) is 0 Å². The summed E-state index contributed by atoms with van der Waals surface area (Å²) in [6.45, 7) is 6.64. The highest BCUT2D eigenvalue weighted by Gasteiger charge is 2.24. The molecule has 1 fully saturated rings. The molecule has 2 aliphatic heterocycles. The van der Waals surface area contributed by atoms with Gasteiger partial charge in [0.1, 0.15) is 12.2 Å². The number of carboxylic acid groups (broad SMARTS) is 2. The van der Waals surface area contributed by atoms with Crippen molar-refractivity contribution in [3.05, 3.63) is 124 Å². The number of aromatic hydroxyl groups is 1. The number of carbonyl (C=O) groups is 2. The lowest BCUT2D eigenvalue weighted by Gasteiger charge is -2.30. The van der Waals surface area contributed by atoms with Crippen LogP contribution in [0, 0.1) is 0 Å². The van der Waals surface area contributed by atoms with E-state index in [1.54, 1.807) is 11.6 Å². The summed E-state index contributed by atoms with van der Waals surface area (Å²) in [5.74, 6) is -2.19. The zero-order valence-electron chi connectivity index (χ0n) is 26.4. The van der Waals surface area contributed by atoms with Crippen LogP contribution in [0.25, 0.3) is 16.5 Å². The van der Waals surface area contributed by atoms with Crippen LogP contribution in [0.15, 0.2) is 121 Å². The lowest BCUT2D eigenvalue weighted by atomic mass is 9.88. The largest absolute Gasteiger partial charge is 0.504 e. The molecule has 3 aromatic carbocycles. The van der Waals surface area contributed by atoms with Gasteiger partial charge in [0.25, 0.3) is 0 Å². The lowest BCUT2D eigenvalue weighted by molar-refractivity contribution is -0.134. The fraction of sp³-hybridized carbons (Fsp3) is 0.216. The van der Waals surface area contributed by atoms with Crippen molar-refractivity contribution < 1.29 is 34.1 Å². The average Bonchev–Trinajstić information content (AvgIpc) is 3.04. The van der Waals surface area contributed by atoms with Crippen LogP contribution < -0.4 is 10.4 Å². The zero-order valence-corrected chi connectivity index (χ0v) is 27.3. The number of fused-ring (bicyclic) bond motifs is 3. The monoisotopic (exact) mass is 655 g/mol. The van der Waals surface area contributed by atoms with Gasteiger partial charge in [0.2, 0.25) is 0 Å². The number of hydrogen-bond acceptors (Lipinski definition) is 8. The van der Waals surface area contributed by atoms with Crippen LogP contribution in [0.4, 0.5) is 0 Å². The number of phenolic OH excluding ortho intramolecular Hbond substituents is 1. The molecule has 4 aromatic rings. The maximum atomic E-state index is 11.1. The Labute approximate surface area is 277 Å². The maximum absolute atomic E-state index is 11.1. The van der Waals surface area contributed by atoms with Crippen LogP contribution in [-0.4, -0.2) is 58.9 Å². The summed E-state index contributed by atoms with van der Waals surface area (Å²) < 4.78 is 10.4. The second kappa shape index (κ2) is 16.5. The highest BCUT2D eigenvalue weighted by atomic mass is 32.2. The minimum atomic E-state index is -1.26. The number of aliphatic carboxylic acids is 2. The quantitative estimate of drug-likeness (QED) is 0.101. The van der Waals surface area contributed by atoms with Crippen molar-refractivity contribution >= 4 is 40.2 Å². The molecule has 9 nitrogen and oxygen atoms in total. The van der Waals surface area contributed by atoms with Crippen molar-refractivity contribution in [3.63, 3.8) is 0 Å². The van der Waals surface area contributed by atoms with E-state index in [-0.39, 0.29) is 5.75 Å². The molecule has 244 valence electrons. The molecule has 0 saturated carbocycles. The first kappa shape index (κ1) is 34.8. The van der Waals surface area contributed by atoms with Crippen LogP contribution in [0.1, 0.15) is 37.8 Å². The number of benzene rings is 3. The third kappa shape index (κ3) is 9.96. The van der Waals surface area contributed by atoms with E-state index in [9.17, 15) is 19.5 Å². The summed E-state index contributed by atoms with van der Waals surface area (Å²) in [5.41, 5.74) is 7.10. The zero-order chi connectivity index (χ0) is 33.9. The van der Waals surface area contributed by atoms with E-state index < -0.39 is 17.6 Å². The molecule has 2 aliphatic rings. The second-order valence-corrected chi connectivity index (χ2v) is 12.2. The van der Waals surface area contributed by atoms with Crippen molar-refractivity contribution in [2.24, 2.45) is 0 Å². The first-order valence-electron chi connectivity index (χ1n) is 15.0. The number of allylic oxidation sites excluding steroid dienone is 1. The molecule has 0 radical (unpaired) electrons. The van der Waals surface area contributed by atoms with Gasteiger partial charge in [-0.05, 0) is 80.8 Å². The third-order valence-electron chi connectivity index (χ3n) is 7.28. The molecule has 6 rings (SSSR count). The van der Waals surface area contributed by atoms with Gasteiger partial charge in [-0.1, -0.05) is 59.3 Å². The van der Waals surface area contributed by atoms with Crippen molar-refractivity contribution in [1.29, 1.82) is 0 Å². The Bertz CT molecular complexity index is 1830. The minimum Gasteiger partial charge on any atom is -0.504 e. The molecular weight excluding hydrogens is 618 g/mol. The van der Waals surface area contributed by atoms with Gasteiger partial charge in [-0.3, -0.25) is 0 Å². The Morgan fingerprint density at radius 2 is 1.47 bits per heavy atom. The summed E-state index contributed by atoms with van der Waals surface area (Å²) in [6.07, 6.45) is 5.40. The lowest BCUT2D eigenvalue weighted by Crippen LogP contribution is -2.27. The van der Waals surface area contributed by atoms with E-state index in [0.717, 1.165) is 5.57 Å². The highest BCUT2D eigenvalue weighted by Crippen LogP contribution is 2.47. The Balaban J connectivity index is 0.000000176. The normalized spacial score (nSPS) is 13.8. The molecule has 47 heavy (non-hydrogen) atoms. The third-order valence-corrected chi connectivity index (χ3v) is 8.43. The number of nitrogens with zero attached hydrogens (tertiary/aromatic N) is 1. The van der Waals surface area contributed by atoms with Gasteiger partial charge in [0.15, 0.2) is 11.5 Å². The van der Waals surface area contributed by atoms with E-state index in [2.05, 4.69) is 60.5 Å². The molecule has 3 N–H and O–H groups in total. The van der Waals surface area contributed by atoms with E-state index in [4.69, 9.17) is 19.4 Å². The maximum Gasteiger partial charge on any atom is 0.336 e. The molecule has 0 atom stereocenters. The van der Waals surface area contributed by atoms with Gasteiger partial charge < -0.3 is 29.4 Å². The van der Waals surface area contributed by atoms with Gasteiger partial charge >= 0.3 is 17.6 Å². The Morgan fingerprint density at radius 1 is 0.894 bits per heavy atom. The first-order chi connectivity index (χ1) is 22.5. The number of phenols is 1. The number of piperidine rings is 1. The predicted molar refractivity (Wildman–Crippen MR) is 183 cm³/mol. The van der Waals surface area contributed by atoms with Crippen LogP contribution in [0.2, 0.25) is 0 Å². The molecule has 3 heterocycles. The van der Waals surface area contributed by atoms with E-state index in [1.165, 1.54) is 70.6 Å². The summed E-state index contributed by atoms with van der Waals surface area (Å²) in [7, 11) is 2.22. The van der Waals surface area contributed by atoms with Gasteiger partial charge in [0.05, 0.1) is 0 Å². The van der Waals surface area contributed by atoms with Crippen molar-refractivity contribution in [2.45, 2.75) is 36.5 Å². The molecule has 0 aliphatic carbocycles. The van der Waals surface area contributed by atoms with Crippen LogP contribution in [-0.2, 0) is 9.59 Å². The molecule has 0 spiro atoms. The molecule has 10 heteroatoms. The fourth-order valence-electron chi connectivity index (χ4n) is 4.95. The minimum absolute atomic E-state index is 0.0264. The SMILES string of the molecule is CC(C)=CCOc1cc2oc(=O)ccc2cc1O.CN1CCC(=C2c3ccccc3Sc3ccccc32)CC1.O=C(O)C=CC(=O)O. The number of likely N-dealkylation sites (tertiary alicyclic amines) is 1. The van der Waals surface area contributed by atoms with Crippen LogP contribution >= 0.6 is 11.8 Å². The van der Waals surface area contributed by atoms with Crippen molar-refractivity contribution in [2.75, 3.05) is 26.7 Å². The molecule has 0 amide bonds. The fourth-order valence-corrected chi connectivity index (χ4v) is 6.04. The molecule has 1 aromatic heterocycles. The standard InChI is InChI=1S/C19H19NS.C14H14O4.C4H4O4/c1-20-12-10-14(11-13-20)19-15-6-2-4-8-17(15)21-18-9-5-3-7-16(18)19;1-9(2)5-6-17-13-8-12-10(7-11(13)15)3-4-14(16)18-12;5-3(6)1-2-4(7)8/h2-9H,10-13H2,1H3;3-5,7-8,15H,6H2,1-2H3;1-2H,(H,5,6)(H,7,8). The first-order valence-corrected chi connectivity index (χ1v) is 15.8. The summed E-state index contributed by atoms with van der Waals surface area (Å²) in [5, 5.41) is 26.1. The number of hydrogen-bond donors (Lipinski definition) is 3. The summed E-state index contributed by atoms with van der Waals surface area (Å²) >= 11 is 1.91. The van der Waals surface area contributed by atoms with E-state index in [1.807, 2.05) is 31.7 Å². The number of ether oxygens (including phenoxy) is 1. The van der Waals surface area contributed by atoms with Crippen molar-refractivity contribution in [3.8, 4) is 11.5 Å². The Hall–Kier alpha value is -5.06. The summed E-state index contributed by atoms with van der Waals surface area (Å²) in [4.78, 5) is 35.4.